The molecule has 56 valence electrons. The summed E-state index contributed by atoms with van der Waals surface area (Å²) in [7, 11) is -2.21. The molecular weight excluding hydrogens is 365 g/mol. The highest BCUT2D eigenvalue weighted by molar-refractivity contribution is 14.1. The van der Waals surface area contributed by atoms with Crippen molar-refractivity contribution in [3.8, 4) is 0 Å². The monoisotopic (exact) mass is 374 g/mol. The summed E-state index contributed by atoms with van der Waals surface area (Å²) >= 11 is 4.19. The van der Waals surface area contributed by atoms with E-state index in [0.717, 1.165) is 0 Å². The van der Waals surface area contributed by atoms with Crippen molar-refractivity contribution in [1.82, 2.24) is 0 Å². The molecule has 0 aliphatic carbocycles. The van der Waals surface area contributed by atoms with Crippen molar-refractivity contribution in [3.63, 3.8) is 0 Å². The molecule has 0 aliphatic rings. The van der Waals surface area contributed by atoms with Crippen LogP contribution in [0.25, 0.3) is 0 Å². The highest BCUT2D eigenvalue weighted by Crippen LogP contribution is 2.49. The molecule has 0 saturated carbocycles. The van der Waals surface area contributed by atoms with Crippen molar-refractivity contribution < 1.29 is 9.09 Å². The molecule has 5 heteroatoms. The summed E-state index contributed by atoms with van der Waals surface area (Å²) in [4.78, 5) is 0. The Morgan fingerprint density at radius 1 is 1.44 bits per heavy atom. The van der Waals surface area contributed by atoms with Crippen LogP contribution in [0.3, 0.4) is 0 Å². The molecule has 0 N–H and O–H groups in total. The Morgan fingerprint density at radius 3 is 2.00 bits per heavy atom. The molecule has 0 aromatic carbocycles. The fourth-order valence-electron chi connectivity index (χ4n) is 0.336. The molecule has 0 fully saturated rings. The van der Waals surface area contributed by atoms with Gasteiger partial charge in [-0.1, -0.05) is 45.2 Å². The zero-order valence-corrected chi connectivity index (χ0v) is 10.4. The molecule has 0 aliphatic heterocycles. The number of halogens is 2. The number of alkyl halides is 2. The van der Waals surface area contributed by atoms with E-state index in [1.54, 1.807) is 0 Å². The van der Waals surface area contributed by atoms with Gasteiger partial charge in [-0.3, -0.25) is 4.57 Å². The van der Waals surface area contributed by atoms with Crippen LogP contribution in [-0.4, -0.2) is 14.9 Å². The first-order valence-electron chi connectivity index (χ1n) is 2.53. The Labute approximate surface area is 82.8 Å². The first kappa shape index (κ1) is 10.7. The molecule has 0 aromatic rings. The zero-order valence-electron chi connectivity index (χ0n) is 5.14. The number of hydrogen-bond acceptors (Lipinski definition) is 2. The predicted molar refractivity (Wildman–Crippen MR) is 57.0 cm³/mol. The third kappa shape index (κ3) is 4.16. The van der Waals surface area contributed by atoms with E-state index in [1.165, 1.54) is 0 Å². The zero-order chi connectivity index (χ0) is 7.33. The van der Waals surface area contributed by atoms with E-state index in [0.29, 0.717) is 14.9 Å². The minimum Gasteiger partial charge on any atom is -0.328 e. The van der Waals surface area contributed by atoms with E-state index in [1.807, 2.05) is 6.92 Å². The van der Waals surface area contributed by atoms with Gasteiger partial charge in [-0.2, -0.15) is 0 Å². The van der Waals surface area contributed by atoms with Crippen molar-refractivity contribution >= 4 is 52.6 Å². The topological polar surface area (TPSA) is 26.3 Å². The van der Waals surface area contributed by atoms with Gasteiger partial charge in [0.05, 0.1) is 14.9 Å². The van der Waals surface area contributed by atoms with Gasteiger partial charge in [-0.25, -0.2) is 0 Å². The van der Waals surface area contributed by atoms with Gasteiger partial charge in [0.2, 0.25) is 7.37 Å². The average Bonchev–Trinajstić information content (AvgIpc) is 1.89. The van der Waals surface area contributed by atoms with Gasteiger partial charge < -0.3 is 4.52 Å². The van der Waals surface area contributed by atoms with Gasteiger partial charge in [0, 0.05) is 0 Å². The molecule has 9 heavy (non-hydrogen) atoms. The van der Waals surface area contributed by atoms with Crippen LogP contribution in [0.2, 0.25) is 0 Å². The molecule has 0 saturated heterocycles. The fourth-order valence-corrected chi connectivity index (χ4v) is 6.41. The fraction of sp³-hybridized carbons (Fsp3) is 1.00. The maximum atomic E-state index is 11.3. The third-order valence-electron chi connectivity index (χ3n) is 0.729. The molecule has 0 spiro atoms. The van der Waals surface area contributed by atoms with E-state index in [2.05, 4.69) is 45.2 Å². The van der Waals surface area contributed by atoms with E-state index in [9.17, 15) is 4.57 Å². The van der Waals surface area contributed by atoms with E-state index >= 15 is 0 Å². The van der Waals surface area contributed by atoms with E-state index in [-0.39, 0.29) is 0 Å². The summed E-state index contributed by atoms with van der Waals surface area (Å²) < 4.78 is 17.6. The molecule has 0 amide bonds. The Kier molecular flexibility index (Phi) is 6.30. The predicted octanol–water partition coefficient (Wildman–Crippen LogP) is 3.09. The van der Waals surface area contributed by atoms with Gasteiger partial charge in [-0.05, 0) is 6.92 Å². The molecule has 0 aromatic heterocycles. The van der Waals surface area contributed by atoms with Gasteiger partial charge in [0.1, 0.15) is 0 Å². The van der Waals surface area contributed by atoms with Crippen LogP contribution in [0.4, 0.5) is 0 Å². The lowest BCUT2D eigenvalue weighted by Crippen LogP contribution is -1.90. The molecule has 0 radical (unpaired) electrons. The second-order valence-electron chi connectivity index (χ2n) is 1.47. The molecule has 0 bridgehead atoms. The van der Waals surface area contributed by atoms with Crippen LogP contribution < -0.4 is 0 Å². The normalized spacial score (nSPS) is 11.9. The minimum absolute atomic E-state index is 0.559. The van der Waals surface area contributed by atoms with E-state index < -0.39 is 7.37 Å². The van der Waals surface area contributed by atoms with Crippen molar-refractivity contribution in [2.24, 2.45) is 0 Å². The second-order valence-corrected chi connectivity index (χ2v) is 7.93. The van der Waals surface area contributed by atoms with Crippen LogP contribution in [0.5, 0.6) is 0 Å². The third-order valence-corrected chi connectivity index (χ3v) is 8.42. The summed E-state index contributed by atoms with van der Waals surface area (Å²) in [5, 5.41) is 0. The lowest BCUT2D eigenvalue weighted by atomic mass is 10.9. The molecule has 0 atom stereocenters. The lowest BCUT2D eigenvalue weighted by molar-refractivity contribution is 0.340. The quantitative estimate of drug-likeness (QED) is 0.430. The maximum Gasteiger partial charge on any atom is 0.222 e. The van der Waals surface area contributed by atoms with Gasteiger partial charge in [0.25, 0.3) is 0 Å². The Hall–Kier alpha value is 1.65. The molecule has 0 unspecified atom stereocenters. The molecule has 0 heterocycles. The SMILES string of the molecule is CCOP(=O)(CI)CI. The van der Waals surface area contributed by atoms with Crippen molar-refractivity contribution in [1.29, 1.82) is 0 Å². The van der Waals surface area contributed by atoms with Crippen LogP contribution in [0, 0.1) is 0 Å². The number of rotatable bonds is 4. The molecular formula is C4H9I2O2P. The van der Waals surface area contributed by atoms with Gasteiger partial charge in [-0.15, -0.1) is 0 Å². The van der Waals surface area contributed by atoms with Crippen molar-refractivity contribution in [3.05, 3.63) is 0 Å². The van der Waals surface area contributed by atoms with Crippen molar-refractivity contribution in [2.75, 3.05) is 14.9 Å². The smallest absolute Gasteiger partial charge is 0.222 e. The Bertz CT molecular complexity index is 109. The summed E-state index contributed by atoms with van der Waals surface area (Å²) in [6.45, 7) is 2.43. The minimum atomic E-state index is -2.21. The van der Waals surface area contributed by atoms with Gasteiger partial charge in [0.15, 0.2) is 0 Å². The first-order valence-corrected chi connectivity index (χ1v) is 7.57. The summed E-state index contributed by atoms with van der Waals surface area (Å²) in [5.41, 5.74) is 0. The summed E-state index contributed by atoms with van der Waals surface area (Å²) in [5.74, 6) is 0. The highest BCUT2D eigenvalue weighted by Gasteiger charge is 2.17. The average molecular weight is 374 g/mol. The maximum absolute atomic E-state index is 11.3. The van der Waals surface area contributed by atoms with Crippen molar-refractivity contribution in [2.45, 2.75) is 6.92 Å². The van der Waals surface area contributed by atoms with Crippen LogP contribution >= 0.6 is 52.6 Å². The number of hydrogen-bond donors (Lipinski definition) is 0. The van der Waals surface area contributed by atoms with Crippen LogP contribution in [-0.2, 0) is 9.09 Å². The second kappa shape index (κ2) is 5.32. The van der Waals surface area contributed by atoms with Crippen LogP contribution in [0.1, 0.15) is 6.92 Å². The Morgan fingerprint density at radius 2 is 1.89 bits per heavy atom. The van der Waals surface area contributed by atoms with Crippen LogP contribution in [0.15, 0.2) is 0 Å². The summed E-state index contributed by atoms with van der Waals surface area (Å²) in [6, 6.07) is 0. The molecule has 0 rings (SSSR count). The summed E-state index contributed by atoms with van der Waals surface area (Å²) in [6.07, 6.45) is 0. The van der Waals surface area contributed by atoms with Gasteiger partial charge >= 0.3 is 0 Å². The standard InChI is InChI=1S/C4H9I2O2P/c1-2-8-9(7,3-5)4-6/h2-4H2,1H3. The largest absolute Gasteiger partial charge is 0.328 e. The lowest BCUT2D eigenvalue weighted by Gasteiger charge is -2.10. The highest BCUT2D eigenvalue weighted by atomic mass is 127. The Balaban J connectivity index is 3.78. The molecule has 2 nitrogen and oxygen atoms in total. The van der Waals surface area contributed by atoms with E-state index in [4.69, 9.17) is 4.52 Å². The first-order chi connectivity index (χ1) is 4.18.